The van der Waals surface area contributed by atoms with Crippen LogP contribution in [-0.2, 0) is 6.42 Å². The first-order valence-corrected chi connectivity index (χ1v) is 6.37. The molecule has 1 heterocycles. The molecule has 1 saturated carbocycles. The van der Waals surface area contributed by atoms with Gasteiger partial charge in [-0.25, -0.2) is 4.98 Å². The molecule has 1 aromatic rings. The molecular formula is C11H18N2S. The van der Waals surface area contributed by atoms with Crippen LogP contribution in [0.15, 0.2) is 5.38 Å². The Morgan fingerprint density at radius 2 is 2.43 bits per heavy atom. The third-order valence-electron chi connectivity index (χ3n) is 2.77. The lowest BCUT2D eigenvalue weighted by Crippen LogP contribution is -2.35. The zero-order chi connectivity index (χ0) is 9.80. The molecule has 1 fully saturated rings. The number of hydrogen-bond acceptors (Lipinski definition) is 3. The van der Waals surface area contributed by atoms with Crippen molar-refractivity contribution in [3.8, 4) is 0 Å². The molecule has 0 amide bonds. The van der Waals surface area contributed by atoms with E-state index in [2.05, 4.69) is 22.6 Å². The van der Waals surface area contributed by atoms with Crippen LogP contribution >= 0.6 is 11.3 Å². The van der Waals surface area contributed by atoms with Crippen molar-refractivity contribution in [3.63, 3.8) is 0 Å². The third-order valence-corrected chi connectivity index (χ3v) is 3.80. The van der Waals surface area contributed by atoms with Crippen molar-refractivity contribution in [2.75, 3.05) is 6.54 Å². The highest BCUT2D eigenvalue weighted by atomic mass is 32.1. The Morgan fingerprint density at radius 3 is 3.00 bits per heavy atom. The van der Waals surface area contributed by atoms with E-state index < -0.39 is 0 Å². The maximum Gasteiger partial charge on any atom is 0.0928 e. The Balaban J connectivity index is 1.58. The van der Waals surface area contributed by atoms with Gasteiger partial charge in [0.1, 0.15) is 0 Å². The molecule has 78 valence electrons. The second kappa shape index (κ2) is 4.89. The lowest BCUT2D eigenvalue weighted by molar-refractivity contribution is 0.339. The van der Waals surface area contributed by atoms with Gasteiger partial charge in [-0.1, -0.05) is 6.42 Å². The summed E-state index contributed by atoms with van der Waals surface area (Å²) in [6.45, 7) is 3.22. The molecule has 1 aliphatic carbocycles. The number of hydrogen-bond donors (Lipinski definition) is 1. The van der Waals surface area contributed by atoms with E-state index in [0.29, 0.717) is 0 Å². The Morgan fingerprint density at radius 1 is 1.57 bits per heavy atom. The Labute approximate surface area is 89.8 Å². The van der Waals surface area contributed by atoms with Crippen molar-refractivity contribution in [2.45, 2.75) is 45.1 Å². The van der Waals surface area contributed by atoms with Gasteiger partial charge in [0.25, 0.3) is 0 Å². The molecule has 0 aliphatic heterocycles. The predicted octanol–water partition coefficient (Wildman–Crippen LogP) is 2.53. The van der Waals surface area contributed by atoms with Gasteiger partial charge in [-0.2, -0.15) is 0 Å². The van der Waals surface area contributed by atoms with Gasteiger partial charge in [0.05, 0.1) is 5.01 Å². The van der Waals surface area contributed by atoms with Crippen molar-refractivity contribution in [2.24, 2.45) is 0 Å². The Bertz CT molecular complexity index is 279. The van der Waals surface area contributed by atoms with Crippen LogP contribution in [0.1, 0.15) is 36.4 Å². The van der Waals surface area contributed by atoms with Gasteiger partial charge < -0.3 is 5.32 Å². The fourth-order valence-corrected chi connectivity index (χ4v) is 2.49. The van der Waals surface area contributed by atoms with E-state index >= 15 is 0 Å². The number of aryl methyl sites for hydroxylation is 2. The van der Waals surface area contributed by atoms with Crippen molar-refractivity contribution < 1.29 is 0 Å². The SMILES string of the molecule is Cc1csc(CCCNC2CCC2)n1. The lowest BCUT2D eigenvalue weighted by Gasteiger charge is -2.26. The van der Waals surface area contributed by atoms with Crippen LogP contribution in [-0.4, -0.2) is 17.6 Å². The molecular weight excluding hydrogens is 192 g/mol. The summed E-state index contributed by atoms with van der Waals surface area (Å²) in [5, 5.41) is 7.00. The second-order valence-corrected chi connectivity index (χ2v) is 5.01. The summed E-state index contributed by atoms with van der Waals surface area (Å²) in [6, 6.07) is 0.827. The topological polar surface area (TPSA) is 24.9 Å². The smallest absolute Gasteiger partial charge is 0.0928 e. The van der Waals surface area contributed by atoms with Crippen molar-refractivity contribution in [1.29, 1.82) is 0 Å². The summed E-state index contributed by atoms with van der Waals surface area (Å²) in [6.07, 6.45) is 6.55. The highest BCUT2D eigenvalue weighted by molar-refractivity contribution is 7.09. The van der Waals surface area contributed by atoms with Crippen LogP contribution in [0.25, 0.3) is 0 Å². The first-order chi connectivity index (χ1) is 6.84. The quantitative estimate of drug-likeness (QED) is 0.755. The molecule has 2 nitrogen and oxygen atoms in total. The molecule has 1 aliphatic rings. The van der Waals surface area contributed by atoms with Gasteiger partial charge in [-0.3, -0.25) is 0 Å². The van der Waals surface area contributed by atoms with Gasteiger partial charge in [0, 0.05) is 23.5 Å². The number of thiazole rings is 1. The van der Waals surface area contributed by atoms with Crippen LogP contribution in [0.3, 0.4) is 0 Å². The van der Waals surface area contributed by atoms with E-state index in [-0.39, 0.29) is 0 Å². The number of nitrogens with zero attached hydrogens (tertiary/aromatic N) is 1. The molecule has 14 heavy (non-hydrogen) atoms. The zero-order valence-corrected chi connectivity index (χ0v) is 9.57. The average Bonchev–Trinajstić information content (AvgIpc) is 2.48. The van der Waals surface area contributed by atoms with Crippen LogP contribution in [0, 0.1) is 6.92 Å². The summed E-state index contributed by atoms with van der Waals surface area (Å²) in [7, 11) is 0. The van der Waals surface area contributed by atoms with Crippen LogP contribution in [0.4, 0.5) is 0 Å². The van der Waals surface area contributed by atoms with E-state index in [1.165, 1.54) is 30.7 Å². The minimum absolute atomic E-state index is 0.827. The van der Waals surface area contributed by atoms with E-state index in [9.17, 15) is 0 Å². The molecule has 0 unspecified atom stereocenters. The summed E-state index contributed by atoms with van der Waals surface area (Å²) < 4.78 is 0. The van der Waals surface area contributed by atoms with Gasteiger partial charge in [-0.05, 0) is 32.7 Å². The van der Waals surface area contributed by atoms with Gasteiger partial charge >= 0.3 is 0 Å². The normalized spacial score (nSPS) is 16.9. The molecule has 2 rings (SSSR count). The molecule has 1 aromatic heterocycles. The molecule has 0 aromatic carbocycles. The van der Waals surface area contributed by atoms with Crippen molar-refractivity contribution in [3.05, 3.63) is 16.1 Å². The summed E-state index contributed by atoms with van der Waals surface area (Å²) in [4.78, 5) is 4.45. The van der Waals surface area contributed by atoms with Crippen LogP contribution in [0.5, 0.6) is 0 Å². The molecule has 0 bridgehead atoms. The van der Waals surface area contributed by atoms with Gasteiger partial charge in [0.15, 0.2) is 0 Å². The zero-order valence-electron chi connectivity index (χ0n) is 8.75. The number of nitrogens with one attached hydrogen (secondary N) is 1. The van der Waals surface area contributed by atoms with Crippen LogP contribution in [0.2, 0.25) is 0 Å². The molecule has 3 heteroatoms. The van der Waals surface area contributed by atoms with Crippen molar-refractivity contribution in [1.82, 2.24) is 10.3 Å². The summed E-state index contributed by atoms with van der Waals surface area (Å²) >= 11 is 1.79. The molecule has 0 saturated heterocycles. The lowest BCUT2D eigenvalue weighted by atomic mass is 9.93. The highest BCUT2D eigenvalue weighted by Crippen LogP contribution is 2.18. The standard InChI is InChI=1S/C11H18N2S/c1-9-8-14-11(13-9)6-3-7-12-10-4-2-5-10/h8,10,12H,2-7H2,1H3. The summed E-state index contributed by atoms with van der Waals surface area (Å²) in [5.74, 6) is 0. The Kier molecular flexibility index (Phi) is 3.54. The van der Waals surface area contributed by atoms with Crippen LogP contribution < -0.4 is 5.32 Å². The minimum atomic E-state index is 0.827. The number of rotatable bonds is 5. The van der Waals surface area contributed by atoms with E-state index in [1.807, 2.05) is 0 Å². The molecule has 0 radical (unpaired) electrons. The van der Waals surface area contributed by atoms with E-state index in [0.717, 1.165) is 24.7 Å². The Hall–Kier alpha value is -0.410. The fourth-order valence-electron chi connectivity index (χ4n) is 1.68. The highest BCUT2D eigenvalue weighted by Gasteiger charge is 2.15. The van der Waals surface area contributed by atoms with Gasteiger partial charge in [0.2, 0.25) is 0 Å². The minimum Gasteiger partial charge on any atom is -0.314 e. The van der Waals surface area contributed by atoms with Gasteiger partial charge in [-0.15, -0.1) is 11.3 Å². The van der Waals surface area contributed by atoms with E-state index in [1.54, 1.807) is 11.3 Å². The van der Waals surface area contributed by atoms with E-state index in [4.69, 9.17) is 0 Å². The fraction of sp³-hybridized carbons (Fsp3) is 0.727. The first-order valence-electron chi connectivity index (χ1n) is 5.49. The average molecular weight is 210 g/mol. The molecule has 0 spiro atoms. The number of aromatic nitrogens is 1. The molecule has 0 atom stereocenters. The second-order valence-electron chi connectivity index (χ2n) is 4.07. The maximum absolute atomic E-state index is 4.45. The largest absolute Gasteiger partial charge is 0.314 e. The maximum atomic E-state index is 4.45. The monoisotopic (exact) mass is 210 g/mol. The molecule has 1 N–H and O–H groups in total. The first kappa shape index (κ1) is 10.1. The predicted molar refractivity (Wildman–Crippen MR) is 60.8 cm³/mol. The third kappa shape index (κ3) is 2.79. The summed E-state index contributed by atoms with van der Waals surface area (Å²) in [5.41, 5.74) is 1.16. The van der Waals surface area contributed by atoms with Crippen molar-refractivity contribution >= 4 is 11.3 Å².